The number of benzene rings is 1. The summed E-state index contributed by atoms with van der Waals surface area (Å²) >= 11 is 0. The van der Waals surface area contributed by atoms with Gasteiger partial charge in [0.2, 0.25) is 5.91 Å². The van der Waals surface area contributed by atoms with Crippen LogP contribution in [0.2, 0.25) is 0 Å². The van der Waals surface area contributed by atoms with Gasteiger partial charge in [-0.1, -0.05) is 85.7 Å². The summed E-state index contributed by atoms with van der Waals surface area (Å²) in [7, 11) is 0. The molecule has 54 heavy (non-hydrogen) atoms. The van der Waals surface area contributed by atoms with Gasteiger partial charge in [0.1, 0.15) is 6.10 Å². The minimum Gasteiger partial charge on any atom is -0.462 e. The lowest BCUT2D eigenvalue weighted by Crippen LogP contribution is -2.68. The molecule has 1 aliphatic heterocycles. The Balaban J connectivity index is 0.938. The summed E-state index contributed by atoms with van der Waals surface area (Å²) in [6.07, 6.45) is 16.6. The maximum absolute atomic E-state index is 14.8. The fourth-order valence-electron chi connectivity index (χ4n) is 16.5. The first-order chi connectivity index (χ1) is 25.5. The fourth-order valence-corrected chi connectivity index (χ4v) is 16.5. The molecule has 0 radical (unpaired) electrons. The van der Waals surface area contributed by atoms with Crippen LogP contribution in [-0.4, -0.2) is 49.2 Å². The number of fused-ring (bicyclic) bond motifs is 7. The minimum absolute atomic E-state index is 0.00828. The van der Waals surface area contributed by atoms with Gasteiger partial charge in [0.15, 0.2) is 0 Å². The molecule has 0 aromatic heterocycles. The Kier molecular flexibility index (Phi) is 8.76. The van der Waals surface area contributed by atoms with Crippen LogP contribution in [0.5, 0.6) is 0 Å². The van der Waals surface area contributed by atoms with Crippen LogP contribution in [0.15, 0.2) is 30.3 Å². The van der Waals surface area contributed by atoms with E-state index < -0.39 is 0 Å². The molecule has 7 aliphatic carbocycles. The summed E-state index contributed by atoms with van der Waals surface area (Å²) in [6.45, 7) is 23.1. The van der Waals surface area contributed by atoms with Gasteiger partial charge in [-0.05, 0) is 158 Å². The van der Waals surface area contributed by atoms with Crippen molar-refractivity contribution in [3.8, 4) is 0 Å². The first kappa shape index (κ1) is 37.7. The van der Waals surface area contributed by atoms with E-state index in [1.54, 1.807) is 0 Å². The summed E-state index contributed by atoms with van der Waals surface area (Å²) in [4.78, 5) is 31.1. The third-order valence-electron chi connectivity index (χ3n) is 20.4. The Morgan fingerprint density at radius 3 is 2.13 bits per heavy atom. The van der Waals surface area contributed by atoms with E-state index >= 15 is 0 Å². The van der Waals surface area contributed by atoms with E-state index in [-0.39, 0.29) is 50.5 Å². The fraction of sp³-hybridized carbons (Fsp3) is 0.837. The molecule has 12 atom stereocenters. The summed E-state index contributed by atoms with van der Waals surface area (Å²) in [6, 6.07) is 10.8. The molecule has 9 rings (SSSR count). The summed E-state index contributed by atoms with van der Waals surface area (Å²) in [5, 5.41) is 0. The van der Waals surface area contributed by atoms with E-state index in [0.29, 0.717) is 60.0 Å². The van der Waals surface area contributed by atoms with Crippen molar-refractivity contribution < 1.29 is 19.1 Å². The third-order valence-corrected chi connectivity index (χ3v) is 20.4. The van der Waals surface area contributed by atoms with E-state index in [2.05, 4.69) is 90.6 Å². The lowest BCUT2D eigenvalue weighted by atomic mass is 9.32. The SMILES string of the molecule is CC1([C@@H]2CC[C@]3(C(=O)N4CCOCC4)CC[C@]4(C)[C@H](CC[C@@H]5[C@@]6(C)CC[C@H](OC(=O)[C@H]7C[C@@H](Cc8ccccc8)C7(C)C)C(C)(C)[C@@H]6CC[C@]54C)[C@@H]23)CC1. The second kappa shape index (κ2) is 12.6. The molecule has 298 valence electrons. The van der Waals surface area contributed by atoms with Crippen LogP contribution in [0, 0.1) is 79.3 Å². The highest BCUT2D eigenvalue weighted by molar-refractivity contribution is 5.84. The number of esters is 1. The van der Waals surface area contributed by atoms with Crippen molar-refractivity contribution in [2.45, 2.75) is 151 Å². The third kappa shape index (κ3) is 5.23. The molecule has 1 aromatic carbocycles. The quantitative estimate of drug-likeness (QED) is 0.273. The molecular weight excluding hydrogens is 667 g/mol. The van der Waals surface area contributed by atoms with E-state index in [1.165, 1.54) is 56.9 Å². The van der Waals surface area contributed by atoms with Crippen LogP contribution < -0.4 is 0 Å². The van der Waals surface area contributed by atoms with Gasteiger partial charge in [-0.2, -0.15) is 0 Å². The van der Waals surface area contributed by atoms with Gasteiger partial charge >= 0.3 is 5.97 Å². The lowest BCUT2D eigenvalue weighted by molar-refractivity contribution is -0.253. The van der Waals surface area contributed by atoms with Gasteiger partial charge in [-0.15, -0.1) is 0 Å². The molecule has 5 heteroatoms. The monoisotopic (exact) mass is 740 g/mol. The lowest BCUT2D eigenvalue weighted by Gasteiger charge is -2.73. The summed E-state index contributed by atoms with van der Waals surface area (Å²) in [5.74, 6) is 4.13. The topological polar surface area (TPSA) is 55.8 Å². The molecule has 8 fully saturated rings. The molecule has 7 saturated carbocycles. The molecule has 8 aliphatic rings. The predicted octanol–water partition coefficient (Wildman–Crippen LogP) is 10.5. The molecule has 5 nitrogen and oxygen atoms in total. The van der Waals surface area contributed by atoms with Gasteiger partial charge in [-0.25, -0.2) is 0 Å². The number of rotatable bonds is 6. The van der Waals surface area contributed by atoms with Crippen molar-refractivity contribution in [2.75, 3.05) is 26.3 Å². The Morgan fingerprint density at radius 1 is 0.722 bits per heavy atom. The van der Waals surface area contributed by atoms with Crippen molar-refractivity contribution in [2.24, 2.45) is 79.3 Å². The molecule has 0 spiro atoms. The largest absolute Gasteiger partial charge is 0.462 e. The highest BCUT2D eigenvalue weighted by Gasteiger charge is 2.74. The molecule has 1 aromatic rings. The molecule has 1 amide bonds. The molecule has 0 unspecified atom stereocenters. The Bertz CT molecular complexity index is 1620. The molecule has 1 saturated heterocycles. The molecule has 0 N–H and O–H groups in total. The average Bonchev–Trinajstić information content (AvgIpc) is 3.76. The standard InChI is InChI=1S/C49H73NO4/c1-43(2)33(30-32-12-10-9-11-13-32)31-36(43)41(51)54-39-18-19-46(6)37(44(39,3)4)17-20-48(8)38(46)15-14-35-40-34(45(5)22-23-45)16-21-49(40,25-24-47(35,48)7)42(52)50-26-28-53-29-27-50/h9-13,33-40H,14-31H2,1-8H3/t33-,34-,35-,36-,37+,38-,39+,40-,46+,47-,48-,49+/m1/s1. The van der Waals surface area contributed by atoms with Gasteiger partial charge in [-0.3, -0.25) is 9.59 Å². The van der Waals surface area contributed by atoms with Crippen LogP contribution in [0.4, 0.5) is 0 Å². The Morgan fingerprint density at radius 2 is 1.44 bits per heavy atom. The van der Waals surface area contributed by atoms with E-state index in [4.69, 9.17) is 9.47 Å². The maximum Gasteiger partial charge on any atom is 0.309 e. The highest BCUT2D eigenvalue weighted by atomic mass is 16.5. The number of hydrogen-bond acceptors (Lipinski definition) is 4. The average molecular weight is 740 g/mol. The number of morpholine rings is 1. The number of hydrogen-bond donors (Lipinski definition) is 0. The zero-order valence-corrected chi connectivity index (χ0v) is 35.3. The van der Waals surface area contributed by atoms with Crippen molar-refractivity contribution >= 4 is 11.9 Å². The van der Waals surface area contributed by atoms with Crippen molar-refractivity contribution in [3.05, 3.63) is 35.9 Å². The molecule has 1 heterocycles. The van der Waals surface area contributed by atoms with Gasteiger partial charge in [0.05, 0.1) is 24.5 Å². The zero-order chi connectivity index (χ0) is 38.1. The minimum atomic E-state index is -0.164. The van der Waals surface area contributed by atoms with E-state index in [9.17, 15) is 9.59 Å². The van der Waals surface area contributed by atoms with Crippen LogP contribution in [0.1, 0.15) is 144 Å². The van der Waals surface area contributed by atoms with E-state index in [1.807, 2.05) is 0 Å². The smallest absolute Gasteiger partial charge is 0.309 e. The van der Waals surface area contributed by atoms with Crippen molar-refractivity contribution in [1.29, 1.82) is 0 Å². The zero-order valence-electron chi connectivity index (χ0n) is 35.3. The predicted molar refractivity (Wildman–Crippen MR) is 214 cm³/mol. The van der Waals surface area contributed by atoms with Gasteiger partial charge in [0.25, 0.3) is 0 Å². The van der Waals surface area contributed by atoms with Gasteiger partial charge < -0.3 is 14.4 Å². The van der Waals surface area contributed by atoms with Crippen LogP contribution in [0.3, 0.4) is 0 Å². The second-order valence-electron chi connectivity index (χ2n) is 22.8. The van der Waals surface area contributed by atoms with Crippen LogP contribution in [-0.2, 0) is 25.5 Å². The highest BCUT2D eigenvalue weighted by Crippen LogP contribution is 2.79. The van der Waals surface area contributed by atoms with Gasteiger partial charge in [0, 0.05) is 18.5 Å². The maximum atomic E-state index is 14.8. The van der Waals surface area contributed by atoms with Crippen molar-refractivity contribution in [3.63, 3.8) is 0 Å². The number of carbonyl (C=O) groups is 2. The van der Waals surface area contributed by atoms with E-state index in [0.717, 1.165) is 51.6 Å². The van der Waals surface area contributed by atoms with Crippen LogP contribution in [0.25, 0.3) is 0 Å². The van der Waals surface area contributed by atoms with Crippen LogP contribution >= 0.6 is 0 Å². The number of nitrogens with zero attached hydrogens (tertiary/aromatic N) is 1. The normalized spacial score (nSPS) is 46.9. The second-order valence-corrected chi connectivity index (χ2v) is 22.8. The Hall–Kier alpha value is -1.88. The first-order valence-electron chi connectivity index (χ1n) is 22.6. The number of carbonyl (C=O) groups excluding carboxylic acids is 2. The molecular formula is C49H73NO4. The molecule has 0 bridgehead atoms. The number of ether oxygens (including phenoxy) is 2. The summed E-state index contributed by atoms with van der Waals surface area (Å²) in [5.41, 5.74) is 2.30. The number of amides is 1. The van der Waals surface area contributed by atoms with Crippen molar-refractivity contribution in [1.82, 2.24) is 4.90 Å². The first-order valence-corrected chi connectivity index (χ1v) is 22.6. The summed E-state index contributed by atoms with van der Waals surface area (Å²) < 4.78 is 12.4. The Labute approximate surface area is 327 Å².